The van der Waals surface area contributed by atoms with Crippen LogP contribution in [-0.4, -0.2) is 62.4 Å². The number of carboxylic acid groups (broad SMARTS) is 1. The summed E-state index contributed by atoms with van der Waals surface area (Å²) >= 11 is 9.42. The summed E-state index contributed by atoms with van der Waals surface area (Å²) in [6.45, 7) is 1.96. The summed E-state index contributed by atoms with van der Waals surface area (Å²) in [6, 6.07) is 3.39. The van der Waals surface area contributed by atoms with E-state index in [4.69, 9.17) is 22.1 Å². The van der Waals surface area contributed by atoms with E-state index in [2.05, 4.69) is 19.9 Å². The highest BCUT2D eigenvalue weighted by Crippen LogP contribution is 2.52. The number of halogens is 1. The maximum absolute atomic E-state index is 13.0. The molecule has 14 heteroatoms. The molecule has 0 saturated carbocycles. The zero-order valence-electron chi connectivity index (χ0n) is 21.5. The highest BCUT2D eigenvalue weighted by Gasteiger charge is 2.48. The molecular weight excluding hydrogens is 574 g/mol. The molecule has 1 spiro atoms. The number of rotatable bonds is 7. The number of carbonyl (C=O) groups is 1. The molecule has 1 atom stereocenters. The maximum Gasteiger partial charge on any atom is 0.358 e. The molecule has 1 saturated heterocycles. The summed E-state index contributed by atoms with van der Waals surface area (Å²) in [5.41, 5.74) is 9.58. The first-order valence-corrected chi connectivity index (χ1v) is 14.8. The third kappa shape index (κ3) is 4.65. The monoisotopic (exact) mass is 599 g/mol. The number of aromatic nitrogens is 5. The standard InChI is InChI=1S/C26H26ClN7O4S2/c1-38-9-8-34-12-30-14-2-3-16(19(27)18(14)24(34)35)40-17-11-29-23(20(32-17)25(36)37)33-6-4-26(5-7-33)10-15-21(22(26)28)39-13-31-15/h2-3,11-13,22H,4-10,28H2,1H3,(H,36,37)/t22-/m1/s1. The molecule has 1 aromatic carbocycles. The smallest absolute Gasteiger partial charge is 0.358 e. The van der Waals surface area contributed by atoms with Crippen molar-refractivity contribution in [1.82, 2.24) is 24.5 Å². The summed E-state index contributed by atoms with van der Waals surface area (Å²) < 4.78 is 6.51. The number of aromatic carboxylic acids is 1. The van der Waals surface area contributed by atoms with Gasteiger partial charge in [0.2, 0.25) is 0 Å². The predicted molar refractivity (Wildman–Crippen MR) is 153 cm³/mol. The lowest BCUT2D eigenvalue weighted by atomic mass is 9.74. The Hall–Kier alpha value is -3.10. The number of methoxy groups -OCH3 is 1. The lowest BCUT2D eigenvalue weighted by Crippen LogP contribution is -2.45. The van der Waals surface area contributed by atoms with Gasteiger partial charge in [0, 0.05) is 36.0 Å². The fourth-order valence-electron chi connectivity index (χ4n) is 5.55. The second-order valence-electron chi connectivity index (χ2n) is 9.96. The minimum absolute atomic E-state index is 0.0491. The van der Waals surface area contributed by atoms with Crippen molar-refractivity contribution in [2.24, 2.45) is 11.1 Å². The molecule has 11 nitrogen and oxygen atoms in total. The quantitative estimate of drug-likeness (QED) is 0.320. The SMILES string of the molecule is COCCn1cnc2ccc(Sc3cnc(N4CCC5(CC4)Cc4ncsc4[C@H]5N)c(C(=O)O)n3)c(Cl)c2c1=O. The molecule has 4 aromatic rings. The van der Waals surface area contributed by atoms with Gasteiger partial charge in [-0.25, -0.2) is 24.7 Å². The van der Waals surface area contributed by atoms with E-state index in [0.717, 1.165) is 41.6 Å². The second-order valence-corrected chi connectivity index (χ2v) is 12.3. The van der Waals surface area contributed by atoms with Crippen molar-refractivity contribution >= 4 is 57.4 Å². The molecule has 0 amide bonds. The lowest BCUT2D eigenvalue weighted by molar-refractivity contribution is 0.0689. The number of fused-ring (bicyclic) bond motifs is 2. The fourth-order valence-corrected chi connectivity index (χ4v) is 7.66. The molecule has 2 aliphatic rings. The summed E-state index contributed by atoms with van der Waals surface area (Å²) in [7, 11) is 1.56. The summed E-state index contributed by atoms with van der Waals surface area (Å²) in [6.07, 6.45) is 5.50. The zero-order valence-corrected chi connectivity index (χ0v) is 23.9. The van der Waals surface area contributed by atoms with Gasteiger partial charge in [0.05, 0.1) is 52.8 Å². The van der Waals surface area contributed by atoms with E-state index in [1.807, 2.05) is 10.4 Å². The van der Waals surface area contributed by atoms with E-state index in [1.54, 1.807) is 36.8 Å². The van der Waals surface area contributed by atoms with Crippen LogP contribution in [0.2, 0.25) is 5.02 Å². The van der Waals surface area contributed by atoms with Crippen LogP contribution in [0.3, 0.4) is 0 Å². The van der Waals surface area contributed by atoms with Crippen LogP contribution in [0.1, 0.15) is 39.9 Å². The summed E-state index contributed by atoms with van der Waals surface area (Å²) in [4.78, 5) is 46.7. The molecule has 3 N–H and O–H groups in total. The zero-order chi connectivity index (χ0) is 28.0. The van der Waals surface area contributed by atoms with E-state index in [9.17, 15) is 14.7 Å². The number of carboxylic acids is 1. The van der Waals surface area contributed by atoms with Crippen molar-refractivity contribution in [2.45, 2.75) is 41.8 Å². The molecule has 0 bridgehead atoms. The highest BCUT2D eigenvalue weighted by molar-refractivity contribution is 7.99. The van der Waals surface area contributed by atoms with Crippen molar-refractivity contribution < 1.29 is 14.6 Å². The third-order valence-electron chi connectivity index (χ3n) is 7.77. The number of anilines is 1. The fraction of sp³-hybridized carbons (Fsp3) is 0.385. The Balaban J connectivity index is 1.24. The molecule has 1 aliphatic carbocycles. The first-order valence-electron chi connectivity index (χ1n) is 12.7. The van der Waals surface area contributed by atoms with Crippen molar-refractivity contribution in [2.75, 3.05) is 31.7 Å². The van der Waals surface area contributed by atoms with Crippen molar-refractivity contribution in [3.05, 3.63) is 61.8 Å². The number of hydrogen-bond acceptors (Lipinski definition) is 11. The number of benzene rings is 1. The van der Waals surface area contributed by atoms with E-state index >= 15 is 0 Å². The number of thiazole rings is 1. The Labute approximate surface area is 242 Å². The molecule has 0 radical (unpaired) electrons. The average molecular weight is 600 g/mol. The van der Waals surface area contributed by atoms with Gasteiger partial charge < -0.3 is 20.5 Å². The Kier molecular flexibility index (Phi) is 7.25. The Bertz CT molecular complexity index is 1670. The van der Waals surface area contributed by atoms with Gasteiger partial charge in [-0.05, 0) is 36.8 Å². The van der Waals surface area contributed by atoms with Gasteiger partial charge in [0.25, 0.3) is 5.56 Å². The number of piperidine rings is 1. The molecular formula is C26H26ClN7O4S2. The lowest BCUT2D eigenvalue weighted by Gasteiger charge is -2.42. The van der Waals surface area contributed by atoms with Crippen molar-refractivity contribution in [1.29, 1.82) is 0 Å². The normalized spacial score (nSPS) is 18.0. The molecule has 208 valence electrons. The topological polar surface area (TPSA) is 149 Å². The van der Waals surface area contributed by atoms with Gasteiger partial charge >= 0.3 is 5.97 Å². The Morgan fingerprint density at radius 1 is 1.30 bits per heavy atom. The molecule has 0 unspecified atom stereocenters. The number of nitrogens with zero attached hydrogens (tertiary/aromatic N) is 6. The third-order valence-corrected chi connectivity index (χ3v) is 10.2. The van der Waals surface area contributed by atoms with Crippen LogP contribution in [0.15, 0.2) is 44.9 Å². The van der Waals surface area contributed by atoms with Crippen LogP contribution in [0.4, 0.5) is 5.82 Å². The largest absolute Gasteiger partial charge is 0.476 e. The van der Waals surface area contributed by atoms with Crippen LogP contribution in [0.5, 0.6) is 0 Å². The van der Waals surface area contributed by atoms with Crippen LogP contribution >= 0.6 is 34.7 Å². The van der Waals surface area contributed by atoms with Gasteiger partial charge in [-0.1, -0.05) is 23.4 Å². The number of nitrogens with two attached hydrogens (primary N) is 1. The van der Waals surface area contributed by atoms with E-state index in [1.165, 1.54) is 10.9 Å². The molecule has 1 aliphatic heterocycles. The number of hydrogen-bond donors (Lipinski definition) is 2. The minimum Gasteiger partial charge on any atom is -0.476 e. The van der Waals surface area contributed by atoms with Crippen LogP contribution in [0, 0.1) is 5.41 Å². The van der Waals surface area contributed by atoms with E-state index in [-0.39, 0.29) is 33.1 Å². The predicted octanol–water partition coefficient (Wildman–Crippen LogP) is 3.63. The van der Waals surface area contributed by atoms with E-state index in [0.29, 0.717) is 47.5 Å². The average Bonchev–Trinajstić information content (AvgIpc) is 3.50. The second kappa shape index (κ2) is 10.7. The van der Waals surface area contributed by atoms with Gasteiger partial charge in [-0.15, -0.1) is 11.3 Å². The van der Waals surface area contributed by atoms with Crippen LogP contribution in [0.25, 0.3) is 10.9 Å². The van der Waals surface area contributed by atoms with Gasteiger partial charge in [-0.3, -0.25) is 9.36 Å². The highest BCUT2D eigenvalue weighted by atomic mass is 35.5. The Morgan fingerprint density at radius 2 is 2.10 bits per heavy atom. The van der Waals surface area contributed by atoms with Crippen molar-refractivity contribution in [3.63, 3.8) is 0 Å². The van der Waals surface area contributed by atoms with Gasteiger partial charge in [0.15, 0.2) is 11.5 Å². The number of ether oxygens (including phenoxy) is 1. The van der Waals surface area contributed by atoms with Crippen LogP contribution in [-0.2, 0) is 17.7 Å². The molecule has 40 heavy (non-hydrogen) atoms. The Morgan fingerprint density at radius 3 is 2.83 bits per heavy atom. The first-order chi connectivity index (χ1) is 19.3. The van der Waals surface area contributed by atoms with Gasteiger partial charge in [-0.2, -0.15) is 0 Å². The van der Waals surface area contributed by atoms with E-state index < -0.39 is 5.97 Å². The molecule has 6 rings (SSSR count). The molecule has 1 fully saturated rings. The van der Waals surface area contributed by atoms with Crippen molar-refractivity contribution in [3.8, 4) is 0 Å². The molecule has 4 heterocycles. The maximum atomic E-state index is 13.0. The molecule has 3 aromatic heterocycles. The summed E-state index contributed by atoms with van der Waals surface area (Å²) in [5, 5.41) is 10.9. The minimum atomic E-state index is -1.16. The van der Waals surface area contributed by atoms with Gasteiger partial charge in [0.1, 0.15) is 5.03 Å². The first kappa shape index (κ1) is 27.1. The van der Waals surface area contributed by atoms with Crippen LogP contribution < -0.4 is 16.2 Å². The summed E-state index contributed by atoms with van der Waals surface area (Å²) in [5.74, 6) is -0.829.